The monoisotopic (exact) mass is 410 g/mol. The van der Waals surface area contributed by atoms with Crippen molar-refractivity contribution in [2.24, 2.45) is 0 Å². The predicted octanol–water partition coefficient (Wildman–Crippen LogP) is 2.19. The summed E-state index contributed by atoms with van der Waals surface area (Å²) in [7, 11) is 1.56. The lowest BCUT2D eigenvalue weighted by atomic mass is 10.1. The second-order valence-corrected chi connectivity index (χ2v) is 7.12. The maximum Gasteiger partial charge on any atom is 0.254 e. The van der Waals surface area contributed by atoms with Gasteiger partial charge in [0.15, 0.2) is 0 Å². The molecule has 0 aromatic heterocycles. The third-order valence-electron chi connectivity index (χ3n) is 4.68. The molecule has 1 saturated heterocycles. The molecule has 0 aliphatic carbocycles. The molecule has 0 bridgehead atoms. The molecule has 2 aromatic rings. The Morgan fingerprint density at radius 3 is 2.37 bits per heavy atom. The van der Waals surface area contributed by atoms with E-state index >= 15 is 0 Å². The van der Waals surface area contributed by atoms with E-state index in [-0.39, 0.29) is 24.3 Å². The van der Waals surface area contributed by atoms with Crippen LogP contribution in [0.4, 0.5) is 17.1 Å². The Kier molecular flexibility index (Phi) is 7.03. The number of benzene rings is 2. The summed E-state index contributed by atoms with van der Waals surface area (Å²) >= 11 is 0. The molecule has 1 aliphatic heterocycles. The topological polar surface area (TPSA) is 91.0 Å². The van der Waals surface area contributed by atoms with Crippen molar-refractivity contribution in [2.45, 2.75) is 6.92 Å². The van der Waals surface area contributed by atoms with Gasteiger partial charge >= 0.3 is 0 Å². The minimum absolute atomic E-state index is 0.0889. The van der Waals surface area contributed by atoms with Gasteiger partial charge in [0.2, 0.25) is 11.8 Å². The molecule has 0 unspecified atom stereocenters. The number of anilines is 3. The maximum absolute atomic E-state index is 12.6. The maximum atomic E-state index is 12.6. The molecule has 1 aliphatic rings. The van der Waals surface area contributed by atoms with Gasteiger partial charge in [0.05, 0.1) is 19.8 Å². The number of nitrogens with one attached hydrogen (secondary N) is 2. The fourth-order valence-corrected chi connectivity index (χ4v) is 3.22. The van der Waals surface area contributed by atoms with Crippen molar-refractivity contribution in [1.29, 1.82) is 0 Å². The SMILES string of the molecule is CC(=O)Nc1cccc(C(=O)N(C)CC(=O)Nc2ccc(N3CCOCC3)cc2)c1. The van der Waals surface area contributed by atoms with Gasteiger partial charge in [-0.05, 0) is 42.5 Å². The van der Waals surface area contributed by atoms with E-state index in [0.717, 1.165) is 18.8 Å². The Balaban J connectivity index is 1.55. The number of ether oxygens (including phenoxy) is 1. The Morgan fingerprint density at radius 2 is 1.70 bits per heavy atom. The van der Waals surface area contributed by atoms with Crippen molar-refractivity contribution < 1.29 is 19.1 Å². The van der Waals surface area contributed by atoms with Crippen LogP contribution in [0.25, 0.3) is 0 Å². The van der Waals surface area contributed by atoms with E-state index in [2.05, 4.69) is 15.5 Å². The van der Waals surface area contributed by atoms with Crippen LogP contribution in [0.3, 0.4) is 0 Å². The van der Waals surface area contributed by atoms with Crippen molar-refractivity contribution >= 4 is 34.8 Å². The first-order valence-corrected chi connectivity index (χ1v) is 9.78. The largest absolute Gasteiger partial charge is 0.378 e. The van der Waals surface area contributed by atoms with Crippen LogP contribution in [-0.4, -0.2) is 62.5 Å². The van der Waals surface area contributed by atoms with Crippen LogP contribution in [0.15, 0.2) is 48.5 Å². The first-order chi connectivity index (χ1) is 14.4. The number of hydrogen-bond acceptors (Lipinski definition) is 5. The number of carbonyl (C=O) groups is 3. The van der Waals surface area contributed by atoms with Crippen LogP contribution in [0.2, 0.25) is 0 Å². The van der Waals surface area contributed by atoms with Gasteiger partial charge in [-0.1, -0.05) is 6.07 Å². The van der Waals surface area contributed by atoms with E-state index < -0.39 is 0 Å². The van der Waals surface area contributed by atoms with E-state index in [9.17, 15) is 14.4 Å². The molecular formula is C22H26N4O4. The lowest BCUT2D eigenvalue weighted by Crippen LogP contribution is -2.36. The van der Waals surface area contributed by atoms with E-state index in [0.29, 0.717) is 30.2 Å². The van der Waals surface area contributed by atoms with Gasteiger partial charge in [-0.2, -0.15) is 0 Å². The molecule has 1 fully saturated rings. The average Bonchev–Trinajstić information content (AvgIpc) is 2.74. The quantitative estimate of drug-likeness (QED) is 0.762. The molecule has 0 radical (unpaired) electrons. The first kappa shape index (κ1) is 21.3. The standard InChI is InChI=1S/C22H26N4O4/c1-16(27)23-19-5-3-4-17(14-19)22(29)25(2)15-21(28)24-18-6-8-20(9-7-18)26-10-12-30-13-11-26/h3-9,14H,10-13,15H2,1-2H3,(H,23,27)(H,24,28). The summed E-state index contributed by atoms with van der Waals surface area (Å²) in [5.74, 6) is -0.810. The van der Waals surface area contributed by atoms with Gasteiger partial charge in [0, 0.05) is 49.7 Å². The minimum Gasteiger partial charge on any atom is -0.378 e. The van der Waals surface area contributed by atoms with E-state index in [1.807, 2.05) is 24.3 Å². The summed E-state index contributed by atoms with van der Waals surface area (Å²) in [6, 6.07) is 14.2. The molecule has 8 nitrogen and oxygen atoms in total. The molecule has 1 heterocycles. The molecule has 30 heavy (non-hydrogen) atoms. The molecule has 2 aromatic carbocycles. The fraction of sp³-hybridized carbons (Fsp3) is 0.318. The smallest absolute Gasteiger partial charge is 0.254 e. The van der Waals surface area contributed by atoms with Gasteiger partial charge in [0.1, 0.15) is 0 Å². The van der Waals surface area contributed by atoms with Crippen LogP contribution in [-0.2, 0) is 14.3 Å². The van der Waals surface area contributed by atoms with Crippen LogP contribution < -0.4 is 15.5 Å². The lowest BCUT2D eigenvalue weighted by molar-refractivity contribution is -0.116. The van der Waals surface area contributed by atoms with E-state index in [1.54, 1.807) is 31.3 Å². The molecule has 3 rings (SSSR count). The average molecular weight is 410 g/mol. The van der Waals surface area contributed by atoms with Crippen molar-refractivity contribution in [2.75, 3.05) is 55.4 Å². The number of hydrogen-bond donors (Lipinski definition) is 2. The fourth-order valence-electron chi connectivity index (χ4n) is 3.22. The van der Waals surface area contributed by atoms with Gasteiger partial charge in [0.25, 0.3) is 5.91 Å². The second kappa shape index (κ2) is 9.89. The highest BCUT2D eigenvalue weighted by molar-refractivity contribution is 6.00. The molecule has 2 N–H and O–H groups in total. The first-order valence-electron chi connectivity index (χ1n) is 9.78. The van der Waals surface area contributed by atoms with Gasteiger partial charge < -0.3 is 25.2 Å². The Labute approximate surface area is 175 Å². The molecule has 8 heteroatoms. The zero-order valence-corrected chi connectivity index (χ0v) is 17.2. The van der Waals surface area contributed by atoms with Crippen molar-refractivity contribution in [3.63, 3.8) is 0 Å². The summed E-state index contributed by atoms with van der Waals surface area (Å²) < 4.78 is 5.36. The highest BCUT2D eigenvalue weighted by atomic mass is 16.5. The molecule has 0 atom stereocenters. The molecule has 0 saturated carbocycles. The normalized spacial score (nSPS) is 13.5. The molecule has 3 amide bonds. The third-order valence-corrected chi connectivity index (χ3v) is 4.68. The zero-order chi connectivity index (χ0) is 21.5. The Morgan fingerprint density at radius 1 is 1.00 bits per heavy atom. The molecule has 0 spiro atoms. The van der Waals surface area contributed by atoms with Crippen LogP contribution in [0.1, 0.15) is 17.3 Å². The van der Waals surface area contributed by atoms with Crippen LogP contribution in [0, 0.1) is 0 Å². The van der Waals surface area contributed by atoms with E-state index in [4.69, 9.17) is 4.74 Å². The van der Waals surface area contributed by atoms with Crippen LogP contribution in [0.5, 0.6) is 0 Å². The highest BCUT2D eigenvalue weighted by Gasteiger charge is 2.16. The summed E-state index contributed by atoms with van der Waals surface area (Å²) in [5.41, 5.74) is 2.69. The van der Waals surface area contributed by atoms with Crippen molar-refractivity contribution in [3.05, 3.63) is 54.1 Å². The van der Waals surface area contributed by atoms with Gasteiger partial charge in [-0.3, -0.25) is 14.4 Å². The van der Waals surface area contributed by atoms with Gasteiger partial charge in [-0.25, -0.2) is 0 Å². The predicted molar refractivity (Wildman–Crippen MR) is 116 cm³/mol. The Hall–Kier alpha value is -3.39. The highest BCUT2D eigenvalue weighted by Crippen LogP contribution is 2.19. The number of nitrogens with zero attached hydrogens (tertiary/aromatic N) is 2. The van der Waals surface area contributed by atoms with Crippen molar-refractivity contribution in [1.82, 2.24) is 4.90 Å². The lowest BCUT2D eigenvalue weighted by Gasteiger charge is -2.28. The number of likely N-dealkylation sites (N-methyl/N-ethyl adjacent to an activating group) is 1. The third kappa shape index (κ3) is 5.81. The number of carbonyl (C=O) groups excluding carboxylic acids is 3. The van der Waals surface area contributed by atoms with Crippen molar-refractivity contribution in [3.8, 4) is 0 Å². The molecule has 158 valence electrons. The summed E-state index contributed by atoms with van der Waals surface area (Å²) in [5, 5.41) is 5.45. The summed E-state index contributed by atoms with van der Waals surface area (Å²) in [6.07, 6.45) is 0. The van der Waals surface area contributed by atoms with E-state index in [1.165, 1.54) is 11.8 Å². The number of rotatable bonds is 6. The number of morpholine rings is 1. The Bertz CT molecular complexity index is 908. The van der Waals surface area contributed by atoms with Crippen LogP contribution >= 0.6 is 0 Å². The zero-order valence-electron chi connectivity index (χ0n) is 17.2. The molecular weight excluding hydrogens is 384 g/mol. The second-order valence-electron chi connectivity index (χ2n) is 7.12. The van der Waals surface area contributed by atoms with Gasteiger partial charge in [-0.15, -0.1) is 0 Å². The number of amides is 3. The minimum atomic E-state index is -0.306. The summed E-state index contributed by atoms with van der Waals surface area (Å²) in [6.45, 7) is 4.44. The summed E-state index contributed by atoms with van der Waals surface area (Å²) in [4.78, 5) is 39.7.